The number of hydrogen-bond donors (Lipinski definition) is 1. The molecule has 0 bridgehead atoms. The Labute approximate surface area is 109 Å². The van der Waals surface area contributed by atoms with E-state index in [1.165, 1.54) is 0 Å². The van der Waals surface area contributed by atoms with Crippen LogP contribution in [0.2, 0.25) is 0 Å². The van der Waals surface area contributed by atoms with Crippen molar-refractivity contribution in [3.05, 3.63) is 0 Å². The molecule has 0 fully saturated rings. The second-order valence-corrected chi connectivity index (χ2v) is 6.36. The summed E-state index contributed by atoms with van der Waals surface area (Å²) in [5.74, 6) is -0.703. The molecule has 0 radical (unpaired) electrons. The minimum atomic E-state index is -0.545. The standard InChI is InChI=1S/C13H25NO4/c1-12(2,3)17-10(15)8-7-9(14)11(16)18-13(4,5)6/h9H,7-8,14H2,1-6H3/p+1/t9-/m0/s1. The highest BCUT2D eigenvalue weighted by molar-refractivity contribution is 5.76. The third-order valence-electron chi connectivity index (χ3n) is 1.86. The van der Waals surface area contributed by atoms with Gasteiger partial charge >= 0.3 is 11.9 Å². The summed E-state index contributed by atoms with van der Waals surface area (Å²) >= 11 is 0. The Morgan fingerprint density at radius 2 is 1.44 bits per heavy atom. The third kappa shape index (κ3) is 8.98. The lowest BCUT2D eigenvalue weighted by atomic mass is 10.1. The summed E-state index contributed by atoms with van der Waals surface area (Å²) in [5, 5.41) is 0. The lowest BCUT2D eigenvalue weighted by Crippen LogP contribution is -2.66. The smallest absolute Gasteiger partial charge is 0.365 e. The zero-order chi connectivity index (χ0) is 14.6. The first kappa shape index (κ1) is 16.9. The lowest BCUT2D eigenvalue weighted by Gasteiger charge is -2.21. The van der Waals surface area contributed by atoms with Crippen molar-refractivity contribution in [2.75, 3.05) is 0 Å². The molecule has 0 aromatic carbocycles. The van der Waals surface area contributed by atoms with Crippen LogP contribution in [0.1, 0.15) is 54.4 Å². The van der Waals surface area contributed by atoms with Gasteiger partial charge in [0.2, 0.25) is 0 Å². The molecule has 18 heavy (non-hydrogen) atoms. The minimum Gasteiger partial charge on any atom is -0.460 e. The number of carbonyl (C=O) groups excluding carboxylic acids is 2. The average Bonchev–Trinajstić information content (AvgIpc) is 2.08. The summed E-state index contributed by atoms with van der Waals surface area (Å²) in [6, 6.07) is -0.545. The van der Waals surface area contributed by atoms with E-state index in [-0.39, 0.29) is 18.4 Å². The van der Waals surface area contributed by atoms with Crippen LogP contribution in [-0.4, -0.2) is 29.2 Å². The molecule has 0 amide bonds. The maximum absolute atomic E-state index is 11.6. The number of esters is 2. The predicted octanol–water partition coefficient (Wildman–Crippen LogP) is 1.06. The second-order valence-electron chi connectivity index (χ2n) is 6.36. The van der Waals surface area contributed by atoms with Crippen LogP contribution in [-0.2, 0) is 19.1 Å². The molecular formula is C13H26NO4+. The van der Waals surface area contributed by atoms with Crippen molar-refractivity contribution in [3.63, 3.8) is 0 Å². The molecule has 0 aromatic heterocycles. The maximum Gasteiger partial charge on any atom is 0.365 e. The number of carbonyl (C=O) groups is 2. The van der Waals surface area contributed by atoms with Crippen molar-refractivity contribution in [2.45, 2.75) is 71.6 Å². The summed E-state index contributed by atoms with van der Waals surface area (Å²) in [4.78, 5) is 23.1. The molecule has 0 heterocycles. The van der Waals surface area contributed by atoms with Crippen molar-refractivity contribution < 1.29 is 24.8 Å². The van der Waals surface area contributed by atoms with E-state index in [0.29, 0.717) is 6.42 Å². The topological polar surface area (TPSA) is 80.2 Å². The fourth-order valence-electron chi connectivity index (χ4n) is 1.19. The Kier molecular flexibility index (Phi) is 5.80. The Morgan fingerprint density at radius 3 is 1.83 bits per heavy atom. The summed E-state index contributed by atoms with van der Waals surface area (Å²) in [5.41, 5.74) is 2.68. The van der Waals surface area contributed by atoms with Crippen LogP contribution in [0.5, 0.6) is 0 Å². The quantitative estimate of drug-likeness (QED) is 0.766. The SMILES string of the molecule is CC(C)(C)OC(=O)CC[C@H]([NH3+])C(=O)OC(C)(C)C. The number of hydrogen-bond acceptors (Lipinski definition) is 4. The Bertz CT molecular complexity index is 299. The van der Waals surface area contributed by atoms with Gasteiger partial charge in [-0.05, 0) is 41.5 Å². The van der Waals surface area contributed by atoms with Gasteiger partial charge in [0.05, 0.1) is 6.42 Å². The van der Waals surface area contributed by atoms with Gasteiger partial charge < -0.3 is 15.2 Å². The van der Waals surface area contributed by atoms with Crippen LogP contribution in [0.15, 0.2) is 0 Å². The van der Waals surface area contributed by atoms with Crippen molar-refractivity contribution in [2.24, 2.45) is 0 Å². The zero-order valence-corrected chi connectivity index (χ0v) is 12.3. The molecule has 5 heteroatoms. The molecule has 0 spiro atoms. The van der Waals surface area contributed by atoms with Crippen LogP contribution in [0.3, 0.4) is 0 Å². The van der Waals surface area contributed by atoms with Gasteiger partial charge in [0, 0.05) is 6.42 Å². The van der Waals surface area contributed by atoms with E-state index in [1.54, 1.807) is 41.5 Å². The van der Waals surface area contributed by atoms with E-state index in [0.717, 1.165) is 0 Å². The Hall–Kier alpha value is -1.10. The minimum absolute atomic E-state index is 0.171. The van der Waals surface area contributed by atoms with Gasteiger partial charge in [-0.2, -0.15) is 0 Å². The highest BCUT2D eigenvalue weighted by atomic mass is 16.6. The van der Waals surface area contributed by atoms with Gasteiger partial charge in [0.1, 0.15) is 11.2 Å². The van der Waals surface area contributed by atoms with Crippen molar-refractivity contribution in [3.8, 4) is 0 Å². The van der Waals surface area contributed by atoms with E-state index in [2.05, 4.69) is 5.73 Å². The van der Waals surface area contributed by atoms with E-state index in [9.17, 15) is 9.59 Å². The van der Waals surface area contributed by atoms with Crippen LogP contribution >= 0.6 is 0 Å². The molecule has 0 saturated heterocycles. The zero-order valence-electron chi connectivity index (χ0n) is 12.3. The molecular weight excluding hydrogens is 234 g/mol. The van der Waals surface area contributed by atoms with Crippen LogP contribution in [0.25, 0.3) is 0 Å². The van der Waals surface area contributed by atoms with Gasteiger partial charge in [0.25, 0.3) is 0 Å². The van der Waals surface area contributed by atoms with Crippen LogP contribution in [0.4, 0.5) is 0 Å². The largest absolute Gasteiger partial charge is 0.460 e. The first-order valence-corrected chi connectivity index (χ1v) is 6.18. The summed E-state index contributed by atoms with van der Waals surface area (Å²) in [6.07, 6.45) is 0.508. The summed E-state index contributed by atoms with van der Waals surface area (Å²) in [6.45, 7) is 10.8. The fraction of sp³-hybridized carbons (Fsp3) is 0.846. The van der Waals surface area contributed by atoms with E-state index >= 15 is 0 Å². The second kappa shape index (κ2) is 6.18. The molecule has 0 unspecified atom stereocenters. The summed E-state index contributed by atoms with van der Waals surface area (Å²) in [7, 11) is 0. The monoisotopic (exact) mass is 260 g/mol. The first-order chi connectivity index (χ1) is 7.91. The molecule has 0 rings (SSSR count). The molecule has 3 N–H and O–H groups in total. The molecule has 0 aliphatic heterocycles. The number of quaternary nitrogens is 1. The molecule has 0 aliphatic carbocycles. The van der Waals surface area contributed by atoms with E-state index in [4.69, 9.17) is 9.47 Å². The van der Waals surface area contributed by atoms with E-state index < -0.39 is 17.2 Å². The maximum atomic E-state index is 11.6. The normalized spacial score (nSPS) is 13.9. The molecule has 0 aromatic rings. The van der Waals surface area contributed by atoms with E-state index in [1.807, 2.05) is 0 Å². The van der Waals surface area contributed by atoms with Gasteiger partial charge in [0.15, 0.2) is 6.04 Å². The number of ether oxygens (including phenoxy) is 2. The fourth-order valence-corrected chi connectivity index (χ4v) is 1.19. The Morgan fingerprint density at radius 1 is 1.00 bits per heavy atom. The van der Waals surface area contributed by atoms with Gasteiger partial charge in [-0.15, -0.1) is 0 Å². The lowest BCUT2D eigenvalue weighted by molar-refractivity contribution is -0.410. The molecule has 1 atom stereocenters. The molecule has 0 aliphatic rings. The number of rotatable bonds is 4. The molecule has 5 nitrogen and oxygen atoms in total. The van der Waals surface area contributed by atoms with Gasteiger partial charge in [-0.3, -0.25) is 4.79 Å². The van der Waals surface area contributed by atoms with Crippen molar-refractivity contribution in [1.29, 1.82) is 0 Å². The highest BCUT2D eigenvalue weighted by Crippen LogP contribution is 2.11. The first-order valence-electron chi connectivity index (χ1n) is 6.18. The van der Waals surface area contributed by atoms with Crippen molar-refractivity contribution >= 4 is 11.9 Å². The predicted molar refractivity (Wildman–Crippen MR) is 67.6 cm³/mol. The molecule has 106 valence electrons. The Balaban J connectivity index is 4.07. The van der Waals surface area contributed by atoms with Gasteiger partial charge in [-0.1, -0.05) is 0 Å². The van der Waals surface area contributed by atoms with Crippen molar-refractivity contribution in [1.82, 2.24) is 0 Å². The highest BCUT2D eigenvalue weighted by Gasteiger charge is 2.26. The van der Waals surface area contributed by atoms with Crippen LogP contribution < -0.4 is 5.73 Å². The third-order valence-corrected chi connectivity index (χ3v) is 1.86. The average molecular weight is 260 g/mol. The van der Waals surface area contributed by atoms with Crippen LogP contribution in [0, 0.1) is 0 Å². The molecule has 0 saturated carbocycles. The van der Waals surface area contributed by atoms with Gasteiger partial charge in [-0.25, -0.2) is 4.79 Å². The summed E-state index contributed by atoms with van der Waals surface area (Å²) < 4.78 is 10.3.